The molecule has 0 aliphatic heterocycles. The summed E-state index contributed by atoms with van der Waals surface area (Å²) in [4.78, 5) is 15.8. The molecule has 0 saturated carbocycles. The Morgan fingerprint density at radius 3 is 2.55 bits per heavy atom. The van der Waals surface area contributed by atoms with Gasteiger partial charge in [0.15, 0.2) is 5.82 Å². The van der Waals surface area contributed by atoms with Gasteiger partial charge in [0.05, 0.1) is 18.4 Å². The van der Waals surface area contributed by atoms with Gasteiger partial charge in [-0.25, -0.2) is 26.6 Å². The molecule has 0 aromatic carbocycles. The Labute approximate surface area is 177 Å². The van der Waals surface area contributed by atoms with Gasteiger partial charge in [-0.3, -0.25) is 0 Å². The van der Waals surface area contributed by atoms with Crippen LogP contribution >= 0.6 is 0 Å². The number of furan rings is 1. The zero-order valence-electron chi connectivity index (χ0n) is 17.0. The van der Waals surface area contributed by atoms with Crippen LogP contribution in [-0.4, -0.2) is 40.0 Å². The Kier molecular flexibility index (Phi) is 5.90. The van der Waals surface area contributed by atoms with Crippen LogP contribution in [0.25, 0.3) is 11.3 Å². The van der Waals surface area contributed by atoms with E-state index in [0.29, 0.717) is 3.97 Å². The first kappa shape index (κ1) is 22.5. The maximum absolute atomic E-state index is 15.5. The number of halogens is 2. The van der Waals surface area contributed by atoms with Crippen LogP contribution in [0.1, 0.15) is 26.3 Å². The Morgan fingerprint density at radius 1 is 1.29 bits per heavy atom. The summed E-state index contributed by atoms with van der Waals surface area (Å²) in [7, 11) is -4.36. The highest BCUT2D eigenvalue weighted by atomic mass is 32.2. The lowest BCUT2D eigenvalue weighted by Gasteiger charge is -2.27. The lowest BCUT2D eigenvalue weighted by molar-refractivity contribution is 0.122. The van der Waals surface area contributed by atoms with Gasteiger partial charge in [-0.1, -0.05) is 20.8 Å². The largest absolute Gasteiger partial charge is 0.471 e. The fourth-order valence-corrected chi connectivity index (χ4v) is 4.41. The van der Waals surface area contributed by atoms with E-state index in [9.17, 15) is 22.7 Å². The maximum Gasteiger partial charge on any atom is 0.407 e. The quantitative estimate of drug-likeness (QED) is 0.561. The number of hydrogen-bond donors (Lipinski definition) is 1. The van der Waals surface area contributed by atoms with Crippen molar-refractivity contribution in [2.75, 3.05) is 6.54 Å². The van der Waals surface area contributed by atoms with Gasteiger partial charge < -0.3 is 14.4 Å². The summed E-state index contributed by atoms with van der Waals surface area (Å²) in [5, 5.41) is 9.53. The molecule has 1 amide bonds. The molecule has 0 aliphatic rings. The molecule has 3 heterocycles. The van der Waals surface area contributed by atoms with Gasteiger partial charge >= 0.3 is 6.09 Å². The van der Waals surface area contributed by atoms with Crippen molar-refractivity contribution in [3.8, 4) is 11.3 Å². The second-order valence-electron chi connectivity index (χ2n) is 8.12. The van der Waals surface area contributed by atoms with Crippen LogP contribution in [0.3, 0.4) is 0 Å². The van der Waals surface area contributed by atoms with Crippen LogP contribution in [0.5, 0.6) is 0 Å². The Morgan fingerprint density at radius 2 is 2.00 bits per heavy atom. The normalized spacial score (nSPS) is 12.2. The Hall–Kier alpha value is -3.21. The van der Waals surface area contributed by atoms with Crippen molar-refractivity contribution in [1.82, 2.24) is 13.9 Å². The molecule has 0 bridgehead atoms. The van der Waals surface area contributed by atoms with Crippen LogP contribution < -0.4 is 0 Å². The summed E-state index contributed by atoms with van der Waals surface area (Å²) in [5.41, 5.74) is -1.62. The molecule has 166 valence electrons. The summed E-state index contributed by atoms with van der Waals surface area (Å²) in [6.45, 7) is 5.07. The van der Waals surface area contributed by atoms with Gasteiger partial charge in [0.1, 0.15) is 16.9 Å². The molecule has 0 atom stereocenters. The lowest BCUT2D eigenvalue weighted by atomic mass is 9.96. The van der Waals surface area contributed by atoms with Crippen molar-refractivity contribution < 1.29 is 31.5 Å². The molecule has 3 rings (SSSR count). The van der Waals surface area contributed by atoms with Crippen molar-refractivity contribution in [3.05, 3.63) is 60.4 Å². The highest BCUT2D eigenvalue weighted by Gasteiger charge is 2.31. The molecule has 8 nitrogen and oxygen atoms in total. The average molecular weight is 453 g/mol. The summed E-state index contributed by atoms with van der Waals surface area (Å²) in [6, 6.07) is 3.69. The first-order chi connectivity index (χ1) is 14.4. The van der Waals surface area contributed by atoms with E-state index in [1.54, 1.807) is 0 Å². The number of amides is 1. The Balaban J connectivity index is 2.19. The summed E-state index contributed by atoms with van der Waals surface area (Å²) in [5.74, 6) is -2.13. The zero-order chi connectivity index (χ0) is 23.0. The molecule has 0 saturated heterocycles. The number of pyridine rings is 1. The number of rotatable bonds is 6. The van der Waals surface area contributed by atoms with E-state index in [1.807, 2.05) is 20.8 Å². The first-order valence-electron chi connectivity index (χ1n) is 9.18. The molecule has 0 fully saturated rings. The van der Waals surface area contributed by atoms with E-state index in [0.717, 1.165) is 29.8 Å². The minimum atomic E-state index is -4.36. The van der Waals surface area contributed by atoms with Gasteiger partial charge in [0.2, 0.25) is 5.95 Å². The van der Waals surface area contributed by atoms with Gasteiger partial charge in [0.25, 0.3) is 10.0 Å². The fraction of sp³-hybridized carbons (Fsp3) is 0.300. The van der Waals surface area contributed by atoms with Gasteiger partial charge in [-0.15, -0.1) is 0 Å². The van der Waals surface area contributed by atoms with Crippen molar-refractivity contribution in [2.24, 2.45) is 5.41 Å². The van der Waals surface area contributed by atoms with Crippen molar-refractivity contribution in [2.45, 2.75) is 32.2 Å². The molecule has 0 spiro atoms. The number of aromatic nitrogens is 2. The summed E-state index contributed by atoms with van der Waals surface area (Å²) in [6.07, 6.45) is 2.89. The molecule has 11 heteroatoms. The minimum absolute atomic E-state index is 0.0675. The van der Waals surface area contributed by atoms with Crippen molar-refractivity contribution in [3.63, 3.8) is 0 Å². The van der Waals surface area contributed by atoms with E-state index in [4.69, 9.17) is 4.42 Å². The van der Waals surface area contributed by atoms with E-state index in [-0.39, 0.29) is 22.6 Å². The van der Waals surface area contributed by atoms with E-state index in [1.165, 1.54) is 18.2 Å². The van der Waals surface area contributed by atoms with Gasteiger partial charge in [-0.2, -0.15) is 4.39 Å². The predicted octanol–water partition coefficient (Wildman–Crippen LogP) is 4.18. The summed E-state index contributed by atoms with van der Waals surface area (Å²) < 4.78 is 61.4. The molecule has 0 radical (unpaired) electrons. The van der Waals surface area contributed by atoms with Gasteiger partial charge in [0, 0.05) is 24.5 Å². The second kappa shape index (κ2) is 8.14. The molecular weight excluding hydrogens is 432 g/mol. The van der Waals surface area contributed by atoms with Crippen LogP contribution in [-0.2, 0) is 16.6 Å². The van der Waals surface area contributed by atoms with Crippen molar-refractivity contribution >= 4 is 16.1 Å². The van der Waals surface area contributed by atoms with E-state index in [2.05, 4.69) is 4.98 Å². The summed E-state index contributed by atoms with van der Waals surface area (Å²) >= 11 is 0. The molecule has 1 N–H and O–H groups in total. The molecule has 0 unspecified atom stereocenters. The third-order valence-corrected chi connectivity index (χ3v) is 5.98. The smallest absolute Gasteiger partial charge is 0.407 e. The van der Waals surface area contributed by atoms with Crippen LogP contribution in [0, 0.1) is 17.2 Å². The standard InChI is InChI=1S/C20H21F2N3O5S/c1-20(2,3)12-24(19(26)27)9-13-10-25(31(28,29)14-6-8-30-11-14)17(16(13)21)15-5-4-7-23-18(15)22/h4-8,10-11H,9,12H2,1-3H3,(H,26,27). The van der Waals surface area contributed by atoms with E-state index >= 15 is 4.39 Å². The molecule has 3 aromatic rings. The highest BCUT2D eigenvalue weighted by molar-refractivity contribution is 7.90. The monoisotopic (exact) mass is 453 g/mol. The molecule has 0 aliphatic carbocycles. The third kappa shape index (κ3) is 4.61. The number of carbonyl (C=O) groups is 1. The molecule has 31 heavy (non-hydrogen) atoms. The zero-order valence-corrected chi connectivity index (χ0v) is 17.9. The van der Waals surface area contributed by atoms with Crippen LogP contribution in [0.4, 0.5) is 13.6 Å². The third-order valence-electron chi connectivity index (χ3n) is 4.35. The molecular formula is C20H21F2N3O5S. The van der Waals surface area contributed by atoms with Crippen LogP contribution in [0.15, 0.2) is 52.4 Å². The number of nitrogens with zero attached hydrogens (tertiary/aromatic N) is 3. The maximum atomic E-state index is 15.5. The first-order valence-corrected chi connectivity index (χ1v) is 10.6. The van der Waals surface area contributed by atoms with Crippen LogP contribution in [0.2, 0.25) is 0 Å². The van der Waals surface area contributed by atoms with Crippen molar-refractivity contribution in [1.29, 1.82) is 0 Å². The number of hydrogen-bond acceptors (Lipinski definition) is 5. The van der Waals surface area contributed by atoms with Gasteiger partial charge in [-0.05, 0) is 23.6 Å². The SMILES string of the molecule is CC(C)(C)CN(Cc1cn(S(=O)(=O)c2ccoc2)c(-c2cccnc2F)c1F)C(=O)O. The second-order valence-corrected chi connectivity index (χ2v) is 9.93. The molecule has 3 aromatic heterocycles. The highest BCUT2D eigenvalue weighted by Crippen LogP contribution is 2.33. The van der Waals surface area contributed by atoms with E-state index < -0.39 is 45.5 Å². The lowest BCUT2D eigenvalue weighted by Crippen LogP contribution is -2.36. The Bertz CT molecular complexity index is 1200. The number of carboxylic acid groups (broad SMARTS) is 1. The predicted molar refractivity (Wildman–Crippen MR) is 107 cm³/mol. The topological polar surface area (TPSA) is 106 Å². The average Bonchev–Trinajstić information content (AvgIpc) is 3.30. The minimum Gasteiger partial charge on any atom is -0.471 e. The fourth-order valence-electron chi connectivity index (χ4n) is 3.09.